The van der Waals surface area contributed by atoms with Gasteiger partial charge >= 0.3 is 0 Å². The van der Waals surface area contributed by atoms with Gasteiger partial charge in [0.25, 0.3) is 0 Å². The number of carbonyl (C=O) groups is 2. The summed E-state index contributed by atoms with van der Waals surface area (Å²) < 4.78 is 5.07. The van der Waals surface area contributed by atoms with Gasteiger partial charge in [0.05, 0.1) is 12.1 Å². The van der Waals surface area contributed by atoms with Gasteiger partial charge in [0.1, 0.15) is 12.3 Å². The van der Waals surface area contributed by atoms with Crippen LogP contribution in [0.25, 0.3) is 0 Å². The minimum atomic E-state index is -0.219. The number of benzene rings is 1. The molecule has 0 heterocycles. The molecule has 0 aliphatic heterocycles. The largest absolute Gasteiger partial charge is 0.495 e. The molecule has 1 aromatic carbocycles. The molecule has 120 valence electrons. The third-order valence-corrected chi connectivity index (χ3v) is 4.21. The topological polar surface area (TPSA) is 58.6 Å². The molecule has 0 spiro atoms. The van der Waals surface area contributed by atoms with E-state index in [1.165, 1.54) is 14.0 Å². The molecule has 1 fully saturated rings. The lowest BCUT2D eigenvalue weighted by atomic mass is 10.2. The minimum absolute atomic E-state index is 0.0604. The Morgan fingerprint density at radius 2 is 2.05 bits per heavy atom. The van der Waals surface area contributed by atoms with Crippen molar-refractivity contribution in [3.8, 4) is 5.75 Å². The third-order valence-electron chi connectivity index (χ3n) is 3.92. The van der Waals surface area contributed by atoms with Crippen molar-refractivity contribution >= 4 is 29.1 Å². The Morgan fingerprint density at radius 1 is 1.36 bits per heavy atom. The average Bonchev–Trinajstić information content (AvgIpc) is 2.98. The number of hydrogen-bond donors (Lipinski definition) is 1. The SMILES string of the molecule is COc1ccc(NC(=O)CN(C(C)=O)C2CCCC2)cc1Cl. The van der Waals surface area contributed by atoms with Gasteiger partial charge in [0, 0.05) is 18.7 Å². The van der Waals surface area contributed by atoms with Crippen molar-refractivity contribution in [2.45, 2.75) is 38.6 Å². The van der Waals surface area contributed by atoms with E-state index in [1.54, 1.807) is 23.1 Å². The summed E-state index contributed by atoms with van der Waals surface area (Å²) in [6.07, 6.45) is 4.18. The summed E-state index contributed by atoms with van der Waals surface area (Å²) in [5.74, 6) is 0.272. The number of hydrogen-bond acceptors (Lipinski definition) is 3. The molecule has 5 nitrogen and oxygen atoms in total. The molecule has 0 saturated heterocycles. The van der Waals surface area contributed by atoms with E-state index in [-0.39, 0.29) is 24.4 Å². The zero-order chi connectivity index (χ0) is 16.1. The number of nitrogens with zero attached hydrogens (tertiary/aromatic N) is 1. The molecule has 0 unspecified atom stereocenters. The van der Waals surface area contributed by atoms with E-state index < -0.39 is 0 Å². The fraction of sp³-hybridized carbons (Fsp3) is 0.500. The van der Waals surface area contributed by atoms with Crippen LogP contribution in [0.5, 0.6) is 5.75 Å². The van der Waals surface area contributed by atoms with Crippen LogP contribution in [0.4, 0.5) is 5.69 Å². The van der Waals surface area contributed by atoms with Crippen LogP contribution in [-0.4, -0.2) is 36.4 Å². The number of anilines is 1. The first-order chi connectivity index (χ1) is 10.5. The molecule has 1 saturated carbocycles. The van der Waals surface area contributed by atoms with Crippen molar-refractivity contribution in [1.82, 2.24) is 4.90 Å². The van der Waals surface area contributed by atoms with Crippen LogP contribution in [0.3, 0.4) is 0 Å². The highest BCUT2D eigenvalue weighted by Gasteiger charge is 2.26. The summed E-state index contributed by atoms with van der Waals surface area (Å²) in [7, 11) is 1.53. The quantitative estimate of drug-likeness (QED) is 0.905. The van der Waals surface area contributed by atoms with E-state index in [2.05, 4.69) is 5.32 Å². The van der Waals surface area contributed by atoms with Gasteiger partial charge in [0.2, 0.25) is 11.8 Å². The highest BCUT2D eigenvalue weighted by atomic mass is 35.5. The third kappa shape index (κ3) is 4.13. The monoisotopic (exact) mass is 324 g/mol. The van der Waals surface area contributed by atoms with Gasteiger partial charge in [0.15, 0.2) is 0 Å². The molecular formula is C16H21ClN2O3. The van der Waals surface area contributed by atoms with Crippen LogP contribution in [0.1, 0.15) is 32.6 Å². The fourth-order valence-electron chi connectivity index (χ4n) is 2.81. The lowest BCUT2D eigenvalue weighted by Crippen LogP contribution is -2.42. The van der Waals surface area contributed by atoms with Crippen LogP contribution >= 0.6 is 11.6 Å². The van der Waals surface area contributed by atoms with E-state index in [0.717, 1.165) is 25.7 Å². The molecule has 1 aliphatic rings. The number of methoxy groups -OCH3 is 1. The number of ether oxygens (including phenoxy) is 1. The summed E-state index contributed by atoms with van der Waals surface area (Å²) in [5.41, 5.74) is 0.589. The number of amides is 2. The summed E-state index contributed by atoms with van der Waals surface area (Å²) >= 11 is 6.03. The number of halogens is 1. The lowest BCUT2D eigenvalue weighted by molar-refractivity contribution is -0.135. The maximum absolute atomic E-state index is 12.2. The van der Waals surface area contributed by atoms with Gasteiger partial charge in [-0.3, -0.25) is 9.59 Å². The maximum atomic E-state index is 12.2. The highest BCUT2D eigenvalue weighted by Crippen LogP contribution is 2.27. The molecule has 1 N–H and O–H groups in total. The Bertz CT molecular complexity index is 556. The summed E-state index contributed by atoms with van der Waals surface area (Å²) in [6, 6.07) is 5.22. The van der Waals surface area contributed by atoms with Crippen LogP contribution in [0.15, 0.2) is 18.2 Å². The second-order valence-corrected chi connectivity index (χ2v) is 5.89. The normalized spacial score (nSPS) is 14.7. The van der Waals surface area contributed by atoms with Gasteiger partial charge in [-0.25, -0.2) is 0 Å². The number of rotatable bonds is 5. The summed E-state index contributed by atoms with van der Waals surface area (Å²) in [4.78, 5) is 25.6. The second-order valence-electron chi connectivity index (χ2n) is 5.48. The van der Waals surface area contributed by atoms with Gasteiger partial charge in [-0.05, 0) is 31.0 Å². The molecule has 2 amide bonds. The first-order valence-corrected chi connectivity index (χ1v) is 7.79. The first-order valence-electron chi connectivity index (χ1n) is 7.42. The Hall–Kier alpha value is -1.75. The number of carbonyl (C=O) groups excluding carboxylic acids is 2. The maximum Gasteiger partial charge on any atom is 0.244 e. The van der Waals surface area contributed by atoms with E-state index in [4.69, 9.17) is 16.3 Å². The smallest absolute Gasteiger partial charge is 0.244 e. The van der Waals surface area contributed by atoms with Crippen molar-refractivity contribution in [3.05, 3.63) is 23.2 Å². The van der Waals surface area contributed by atoms with Gasteiger partial charge in [-0.2, -0.15) is 0 Å². The van der Waals surface area contributed by atoms with E-state index >= 15 is 0 Å². The highest BCUT2D eigenvalue weighted by molar-refractivity contribution is 6.32. The van der Waals surface area contributed by atoms with E-state index in [1.807, 2.05) is 0 Å². The number of nitrogens with one attached hydrogen (secondary N) is 1. The Balaban J connectivity index is 1.98. The van der Waals surface area contributed by atoms with Gasteiger partial charge in [-0.1, -0.05) is 24.4 Å². The zero-order valence-electron chi connectivity index (χ0n) is 12.9. The molecule has 1 aliphatic carbocycles. The molecule has 0 radical (unpaired) electrons. The van der Waals surface area contributed by atoms with Crippen LogP contribution in [-0.2, 0) is 9.59 Å². The molecule has 1 aromatic rings. The van der Waals surface area contributed by atoms with Crippen molar-refractivity contribution < 1.29 is 14.3 Å². The zero-order valence-corrected chi connectivity index (χ0v) is 13.7. The van der Waals surface area contributed by atoms with Crippen molar-refractivity contribution in [2.24, 2.45) is 0 Å². The van der Waals surface area contributed by atoms with Gasteiger partial charge in [-0.15, -0.1) is 0 Å². The second kappa shape index (κ2) is 7.49. The first kappa shape index (κ1) is 16.6. The van der Waals surface area contributed by atoms with Gasteiger partial charge < -0.3 is 15.0 Å². The Kier molecular flexibility index (Phi) is 5.66. The Labute approximate surface area is 135 Å². The van der Waals surface area contributed by atoms with Crippen LogP contribution in [0.2, 0.25) is 5.02 Å². The molecule has 0 bridgehead atoms. The molecule has 2 rings (SSSR count). The van der Waals surface area contributed by atoms with Crippen LogP contribution < -0.4 is 10.1 Å². The predicted molar refractivity (Wildman–Crippen MR) is 86.3 cm³/mol. The molecule has 0 atom stereocenters. The summed E-state index contributed by atoms with van der Waals surface area (Å²) in [6.45, 7) is 1.58. The van der Waals surface area contributed by atoms with E-state index in [0.29, 0.717) is 16.5 Å². The van der Waals surface area contributed by atoms with Crippen LogP contribution in [0, 0.1) is 0 Å². The fourth-order valence-corrected chi connectivity index (χ4v) is 3.07. The molecular weight excluding hydrogens is 304 g/mol. The van der Waals surface area contributed by atoms with E-state index in [9.17, 15) is 9.59 Å². The molecule has 0 aromatic heterocycles. The molecule has 6 heteroatoms. The van der Waals surface area contributed by atoms with Crippen molar-refractivity contribution in [1.29, 1.82) is 0 Å². The lowest BCUT2D eigenvalue weighted by Gasteiger charge is -2.27. The van der Waals surface area contributed by atoms with Crippen molar-refractivity contribution in [3.63, 3.8) is 0 Å². The summed E-state index contributed by atoms with van der Waals surface area (Å²) in [5, 5.41) is 3.20. The molecule has 22 heavy (non-hydrogen) atoms. The minimum Gasteiger partial charge on any atom is -0.495 e. The Morgan fingerprint density at radius 3 is 2.59 bits per heavy atom. The van der Waals surface area contributed by atoms with Crippen molar-refractivity contribution in [2.75, 3.05) is 19.0 Å². The predicted octanol–water partition coefficient (Wildman–Crippen LogP) is 3.08. The standard InChI is InChI=1S/C16H21ClN2O3/c1-11(20)19(13-5-3-4-6-13)10-16(21)18-12-7-8-15(22-2)14(17)9-12/h7-9,13H,3-6,10H2,1-2H3,(H,18,21). The average molecular weight is 325 g/mol.